The first-order valence-electron chi connectivity index (χ1n) is 6.85. The van der Waals surface area contributed by atoms with Gasteiger partial charge >= 0.3 is 0 Å². The molecule has 2 heterocycles. The van der Waals surface area contributed by atoms with Crippen LogP contribution < -0.4 is 4.90 Å². The molecule has 0 radical (unpaired) electrons. The second-order valence-electron chi connectivity index (χ2n) is 5.15. The van der Waals surface area contributed by atoms with Crippen molar-refractivity contribution in [3.05, 3.63) is 59.7 Å². The largest absolute Gasteiger partial charge is 0.388 e. The molecule has 0 spiro atoms. The molecule has 0 amide bonds. The van der Waals surface area contributed by atoms with Crippen molar-refractivity contribution in [3.63, 3.8) is 0 Å². The molecule has 0 bridgehead atoms. The summed E-state index contributed by atoms with van der Waals surface area (Å²) < 4.78 is 13.2. The Morgan fingerprint density at radius 2 is 2.15 bits per heavy atom. The minimum absolute atomic E-state index is 0.314. The van der Waals surface area contributed by atoms with Crippen LogP contribution in [0.1, 0.15) is 30.1 Å². The maximum atomic E-state index is 13.2. The van der Waals surface area contributed by atoms with Gasteiger partial charge in [-0.15, -0.1) is 0 Å². The Labute approximate surface area is 117 Å². The minimum Gasteiger partial charge on any atom is -0.388 e. The number of para-hydroxylation sites is 1. The Morgan fingerprint density at radius 3 is 3.00 bits per heavy atom. The van der Waals surface area contributed by atoms with Gasteiger partial charge < -0.3 is 10.0 Å². The highest BCUT2D eigenvalue weighted by Gasteiger charge is 2.20. The summed E-state index contributed by atoms with van der Waals surface area (Å²) in [7, 11) is 0. The highest BCUT2D eigenvalue weighted by molar-refractivity contribution is 5.55. The molecule has 1 aromatic carbocycles. The van der Waals surface area contributed by atoms with E-state index in [0.29, 0.717) is 6.54 Å². The first kappa shape index (κ1) is 13.1. The monoisotopic (exact) mass is 272 g/mol. The SMILES string of the molecule is OC1CCCN(Cc2cncc(F)c2)c2ccccc21. The molecule has 0 saturated carbocycles. The van der Waals surface area contributed by atoms with Crippen LogP contribution in [-0.2, 0) is 6.54 Å². The summed E-state index contributed by atoms with van der Waals surface area (Å²) in [5, 5.41) is 10.2. The molecule has 1 atom stereocenters. The fraction of sp³-hybridized carbons (Fsp3) is 0.312. The van der Waals surface area contributed by atoms with E-state index in [4.69, 9.17) is 0 Å². The summed E-state index contributed by atoms with van der Waals surface area (Å²) in [6, 6.07) is 9.39. The van der Waals surface area contributed by atoms with Crippen LogP contribution in [0.25, 0.3) is 0 Å². The van der Waals surface area contributed by atoms with E-state index in [-0.39, 0.29) is 5.82 Å². The molecule has 1 aliphatic heterocycles. The number of rotatable bonds is 2. The van der Waals surface area contributed by atoms with Crippen molar-refractivity contribution in [2.45, 2.75) is 25.5 Å². The normalized spacial score (nSPS) is 18.5. The smallest absolute Gasteiger partial charge is 0.141 e. The number of fused-ring (bicyclic) bond motifs is 1. The lowest BCUT2D eigenvalue weighted by molar-refractivity contribution is 0.168. The molecule has 3 rings (SSSR count). The number of hydrogen-bond acceptors (Lipinski definition) is 3. The van der Waals surface area contributed by atoms with Gasteiger partial charge in [0.05, 0.1) is 12.3 Å². The molecule has 0 fully saturated rings. The van der Waals surface area contributed by atoms with Gasteiger partial charge in [-0.05, 0) is 30.5 Å². The third-order valence-corrected chi connectivity index (χ3v) is 3.68. The molecule has 104 valence electrons. The second kappa shape index (κ2) is 5.59. The highest BCUT2D eigenvalue weighted by atomic mass is 19.1. The van der Waals surface area contributed by atoms with Crippen molar-refractivity contribution in [2.24, 2.45) is 0 Å². The zero-order valence-corrected chi connectivity index (χ0v) is 11.2. The highest BCUT2D eigenvalue weighted by Crippen LogP contribution is 2.33. The van der Waals surface area contributed by atoms with Gasteiger partial charge in [-0.1, -0.05) is 18.2 Å². The molecule has 4 heteroatoms. The number of aliphatic hydroxyl groups is 1. The van der Waals surface area contributed by atoms with Crippen LogP contribution in [0.3, 0.4) is 0 Å². The maximum Gasteiger partial charge on any atom is 0.141 e. The predicted molar refractivity (Wildman–Crippen MR) is 75.9 cm³/mol. The molecule has 1 N–H and O–H groups in total. The number of pyridine rings is 1. The lowest BCUT2D eigenvalue weighted by Gasteiger charge is -2.25. The summed E-state index contributed by atoms with van der Waals surface area (Å²) in [5.41, 5.74) is 2.83. The van der Waals surface area contributed by atoms with E-state index >= 15 is 0 Å². The minimum atomic E-state index is -0.415. The fourth-order valence-corrected chi connectivity index (χ4v) is 2.74. The van der Waals surface area contributed by atoms with Crippen molar-refractivity contribution in [1.29, 1.82) is 0 Å². The van der Waals surface area contributed by atoms with Gasteiger partial charge in [0.1, 0.15) is 5.82 Å². The van der Waals surface area contributed by atoms with Crippen molar-refractivity contribution in [1.82, 2.24) is 4.98 Å². The van der Waals surface area contributed by atoms with E-state index in [0.717, 1.165) is 36.2 Å². The van der Waals surface area contributed by atoms with Crippen molar-refractivity contribution in [2.75, 3.05) is 11.4 Å². The van der Waals surface area contributed by atoms with Crippen LogP contribution in [0, 0.1) is 5.82 Å². The first-order valence-corrected chi connectivity index (χ1v) is 6.85. The Hall–Kier alpha value is -1.94. The van der Waals surface area contributed by atoms with Gasteiger partial charge in [0.15, 0.2) is 0 Å². The van der Waals surface area contributed by atoms with E-state index in [1.165, 1.54) is 12.3 Å². The lowest BCUT2D eigenvalue weighted by Crippen LogP contribution is -2.23. The Kier molecular flexibility index (Phi) is 3.65. The average Bonchev–Trinajstić information content (AvgIpc) is 2.60. The molecular formula is C16H17FN2O. The van der Waals surface area contributed by atoms with Crippen LogP contribution in [0.5, 0.6) is 0 Å². The van der Waals surface area contributed by atoms with Gasteiger partial charge in [-0.3, -0.25) is 4.98 Å². The van der Waals surface area contributed by atoms with Crippen LogP contribution in [0.2, 0.25) is 0 Å². The molecule has 20 heavy (non-hydrogen) atoms. The zero-order valence-electron chi connectivity index (χ0n) is 11.2. The topological polar surface area (TPSA) is 36.4 Å². The fourth-order valence-electron chi connectivity index (χ4n) is 2.74. The van der Waals surface area contributed by atoms with Gasteiger partial charge in [0.25, 0.3) is 0 Å². The van der Waals surface area contributed by atoms with E-state index in [9.17, 15) is 9.50 Å². The number of benzene rings is 1. The molecule has 1 unspecified atom stereocenters. The summed E-state index contributed by atoms with van der Waals surface area (Å²) in [6.45, 7) is 1.46. The molecule has 0 saturated heterocycles. The number of anilines is 1. The Balaban J connectivity index is 1.91. The molecule has 2 aromatic rings. The molecule has 3 nitrogen and oxygen atoms in total. The van der Waals surface area contributed by atoms with E-state index in [1.807, 2.05) is 24.3 Å². The standard InChI is InChI=1S/C16H17FN2O/c17-13-8-12(9-18-10-13)11-19-7-3-6-16(20)14-4-1-2-5-15(14)19/h1-2,4-5,8-10,16,20H,3,6-7,11H2. The number of halogens is 1. The van der Waals surface area contributed by atoms with E-state index in [2.05, 4.69) is 9.88 Å². The van der Waals surface area contributed by atoms with E-state index in [1.54, 1.807) is 6.20 Å². The van der Waals surface area contributed by atoms with Gasteiger partial charge in [-0.2, -0.15) is 0 Å². The van der Waals surface area contributed by atoms with Gasteiger partial charge in [-0.25, -0.2) is 4.39 Å². The quantitative estimate of drug-likeness (QED) is 0.912. The van der Waals surface area contributed by atoms with Crippen molar-refractivity contribution in [3.8, 4) is 0 Å². The summed E-state index contributed by atoms with van der Waals surface area (Å²) in [4.78, 5) is 6.08. The Morgan fingerprint density at radius 1 is 1.30 bits per heavy atom. The van der Waals surface area contributed by atoms with Crippen LogP contribution >= 0.6 is 0 Å². The van der Waals surface area contributed by atoms with Crippen LogP contribution in [0.4, 0.5) is 10.1 Å². The molecule has 0 aliphatic carbocycles. The summed E-state index contributed by atoms with van der Waals surface area (Å²) >= 11 is 0. The van der Waals surface area contributed by atoms with Crippen LogP contribution in [-0.4, -0.2) is 16.6 Å². The number of aromatic nitrogens is 1. The first-order chi connectivity index (χ1) is 9.74. The predicted octanol–water partition coefficient (Wildman–Crippen LogP) is 3.05. The second-order valence-corrected chi connectivity index (χ2v) is 5.15. The maximum absolute atomic E-state index is 13.2. The molecule has 1 aliphatic rings. The Bertz CT molecular complexity index is 603. The zero-order chi connectivity index (χ0) is 13.9. The molecule has 1 aromatic heterocycles. The van der Waals surface area contributed by atoms with Gasteiger partial charge in [0.2, 0.25) is 0 Å². The number of aliphatic hydroxyl groups excluding tert-OH is 1. The van der Waals surface area contributed by atoms with Gasteiger partial charge in [0, 0.05) is 30.5 Å². The summed E-state index contributed by atoms with van der Waals surface area (Å²) in [5.74, 6) is -0.314. The van der Waals surface area contributed by atoms with Crippen molar-refractivity contribution < 1.29 is 9.50 Å². The van der Waals surface area contributed by atoms with Crippen LogP contribution in [0.15, 0.2) is 42.7 Å². The third kappa shape index (κ3) is 2.65. The molecular weight excluding hydrogens is 255 g/mol. The summed E-state index contributed by atoms with van der Waals surface area (Å²) in [6.07, 6.45) is 4.16. The lowest BCUT2D eigenvalue weighted by atomic mass is 10.0. The van der Waals surface area contributed by atoms with Crippen molar-refractivity contribution >= 4 is 5.69 Å². The average molecular weight is 272 g/mol. The third-order valence-electron chi connectivity index (χ3n) is 3.68. The van der Waals surface area contributed by atoms with E-state index < -0.39 is 6.10 Å². The number of hydrogen-bond donors (Lipinski definition) is 1. The number of nitrogens with zero attached hydrogens (tertiary/aromatic N) is 2.